The Morgan fingerprint density at radius 2 is 2.33 bits per heavy atom. The monoisotopic (exact) mass is 290 g/mol. The number of carboxylic acids is 1. The molecule has 1 N–H and O–H groups in total. The lowest BCUT2D eigenvalue weighted by molar-refractivity contribution is -0.143. The van der Waals surface area contributed by atoms with Gasteiger partial charge in [-0.05, 0) is 24.7 Å². The van der Waals surface area contributed by atoms with Crippen LogP contribution in [0.15, 0.2) is 18.2 Å². The molecule has 1 aliphatic rings. The third-order valence-electron chi connectivity index (χ3n) is 3.75. The van der Waals surface area contributed by atoms with Gasteiger partial charge in [0.2, 0.25) is 0 Å². The van der Waals surface area contributed by atoms with Gasteiger partial charge in [-0.25, -0.2) is 0 Å². The van der Waals surface area contributed by atoms with Crippen LogP contribution < -0.4 is 4.74 Å². The van der Waals surface area contributed by atoms with Gasteiger partial charge in [-0.1, -0.05) is 6.07 Å². The highest BCUT2D eigenvalue weighted by atomic mass is 16.5. The van der Waals surface area contributed by atoms with Crippen LogP contribution in [-0.2, 0) is 16.1 Å². The van der Waals surface area contributed by atoms with Crippen molar-refractivity contribution in [3.63, 3.8) is 0 Å². The molecular formula is C15H18N2O4. The van der Waals surface area contributed by atoms with E-state index in [9.17, 15) is 9.90 Å². The average Bonchev–Trinajstić information content (AvgIpc) is 2.96. The molecule has 1 aliphatic heterocycles. The van der Waals surface area contributed by atoms with E-state index in [2.05, 4.69) is 6.07 Å². The van der Waals surface area contributed by atoms with Crippen LogP contribution in [0.4, 0.5) is 0 Å². The van der Waals surface area contributed by atoms with E-state index < -0.39 is 11.9 Å². The maximum absolute atomic E-state index is 11.2. The number of nitrogens with zero attached hydrogens (tertiary/aromatic N) is 2. The number of aliphatic carboxylic acids is 1. The van der Waals surface area contributed by atoms with Gasteiger partial charge >= 0.3 is 5.97 Å². The second kappa shape index (κ2) is 6.57. The van der Waals surface area contributed by atoms with E-state index in [0.29, 0.717) is 24.5 Å². The van der Waals surface area contributed by atoms with Crippen LogP contribution in [0.1, 0.15) is 11.1 Å². The van der Waals surface area contributed by atoms with E-state index in [1.807, 2.05) is 18.0 Å². The zero-order valence-electron chi connectivity index (χ0n) is 12.1. The van der Waals surface area contributed by atoms with Crippen LogP contribution in [0.3, 0.4) is 0 Å². The van der Waals surface area contributed by atoms with E-state index in [1.165, 1.54) is 7.11 Å². The second-order valence-electron chi connectivity index (χ2n) is 5.11. The molecule has 1 aromatic carbocycles. The molecule has 0 aliphatic carbocycles. The Morgan fingerprint density at radius 3 is 2.95 bits per heavy atom. The molecular weight excluding hydrogens is 272 g/mol. The predicted octanol–water partition coefficient (Wildman–Crippen LogP) is 1.10. The minimum absolute atomic E-state index is 0.157. The van der Waals surface area contributed by atoms with E-state index in [4.69, 9.17) is 14.7 Å². The maximum atomic E-state index is 11.2. The summed E-state index contributed by atoms with van der Waals surface area (Å²) in [6, 6.07) is 7.33. The SMILES string of the molecule is COc1ccc(CN(C)C2COCC2C(=O)O)cc1C#N. The minimum atomic E-state index is -0.836. The fourth-order valence-electron chi connectivity index (χ4n) is 2.56. The number of ether oxygens (including phenoxy) is 2. The van der Waals surface area contributed by atoms with Gasteiger partial charge in [-0.3, -0.25) is 9.69 Å². The van der Waals surface area contributed by atoms with Crippen molar-refractivity contribution in [1.29, 1.82) is 5.26 Å². The fraction of sp³-hybridized carbons (Fsp3) is 0.467. The number of benzene rings is 1. The fourth-order valence-corrected chi connectivity index (χ4v) is 2.56. The number of carboxylic acid groups (broad SMARTS) is 1. The summed E-state index contributed by atoms with van der Waals surface area (Å²) < 4.78 is 10.4. The van der Waals surface area contributed by atoms with Gasteiger partial charge in [-0.2, -0.15) is 5.26 Å². The Bertz CT molecular complexity index is 567. The molecule has 1 fully saturated rings. The molecule has 1 aromatic rings. The van der Waals surface area contributed by atoms with Crippen molar-refractivity contribution in [2.24, 2.45) is 5.92 Å². The molecule has 0 spiro atoms. The summed E-state index contributed by atoms with van der Waals surface area (Å²) >= 11 is 0. The third kappa shape index (κ3) is 3.32. The van der Waals surface area contributed by atoms with Crippen molar-refractivity contribution in [2.45, 2.75) is 12.6 Å². The van der Waals surface area contributed by atoms with Crippen molar-refractivity contribution >= 4 is 5.97 Å². The van der Waals surface area contributed by atoms with Crippen LogP contribution in [0.25, 0.3) is 0 Å². The first-order valence-corrected chi connectivity index (χ1v) is 6.64. The lowest BCUT2D eigenvalue weighted by Gasteiger charge is -2.26. The summed E-state index contributed by atoms with van der Waals surface area (Å²) in [5.41, 5.74) is 1.41. The molecule has 0 aromatic heterocycles. The topological polar surface area (TPSA) is 82.8 Å². The van der Waals surface area contributed by atoms with Gasteiger partial charge in [0, 0.05) is 12.6 Å². The molecule has 0 saturated carbocycles. The van der Waals surface area contributed by atoms with Gasteiger partial charge in [-0.15, -0.1) is 0 Å². The van der Waals surface area contributed by atoms with Crippen molar-refractivity contribution < 1.29 is 19.4 Å². The Hall–Kier alpha value is -2.10. The molecule has 2 rings (SSSR count). The first-order chi connectivity index (χ1) is 10.1. The van der Waals surface area contributed by atoms with Gasteiger partial charge in [0.1, 0.15) is 11.8 Å². The summed E-state index contributed by atoms with van der Waals surface area (Å²) in [4.78, 5) is 13.1. The quantitative estimate of drug-likeness (QED) is 0.874. The lowest BCUT2D eigenvalue weighted by Crippen LogP contribution is -2.40. The van der Waals surface area contributed by atoms with E-state index >= 15 is 0 Å². The van der Waals surface area contributed by atoms with Crippen molar-refractivity contribution in [2.75, 3.05) is 27.4 Å². The summed E-state index contributed by atoms with van der Waals surface area (Å²) in [6.45, 7) is 1.21. The van der Waals surface area contributed by atoms with Crippen LogP contribution >= 0.6 is 0 Å². The molecule has 2 unspecified atom stereocenters. The number of rotatable bonds is 5. The maximum Gasteiger partial charge on any atom is 0.310 e. The third-order valence-corrected chi connectivity index (χ3v) is 3.75. The van der Waals surface area contributed by atoms with Crippen molar-refractivity contribution in [1.82, 2.24) is 4.90 Å². The Morgan fingerprint density at radius 1 is 1.57 bits per heavy atom. The standard InChI is InChI=1S/C15H18N2O4/c1-17(13-9-21-8-12(13)15(18)19)7-10-3-4-14(20-2)11(5-10)6-16/h3-5,12-13H,7-9H2,1-2H3,(H,18,19). The summed E-state index contributed by atoms with van der Waals surface area (Å²) in [7, 11) is 3.39. The molecule has 2 atom stereocenters. The largest absolute Gasteiger partial charge is 0.495 e. The molecule has 1 saturated heterocycles. The second-order valence-corrected chi connectivity index (χ2v) is 5.11. The van der Waals surface area contributed by atoms with Gasteiger partial charge < -0.3 is 14.6 Å². The van der Waals surface area contributed by atoms with Crippen molar-refractivity contribution in [3.8, 4) is 11.8 Å². The highest BCUT2D eigenvalue weighted by molar-refractivity contribution is 5.71. The molecule has 6 heteroatoms. The van der Waals surface area contributed by atoms with Gasteiger partial charge in [0.05, 0.1) is 31.8 Å². The Labute approximate surface area is 123 Å². The molecule has 0 amide bonds. The summed E-state index contributed by atoms with van der Waals surface area (Å²) in [5.74, 6) is -0.808. The van der Waals surface area contributed by atoms with Crippen LogP contribution in [-0.4, -0.2) is 49.4 Å². The predicted molar refractivity (Wildman–Crippen MR) is 74.9 cm³/mol. The van der Waals surface area contributed by atoms with E-state index in [0.717, 1.165) is 5.56 Å². The Balaban J connectivity index is 2.11. The molecule has 1 heterocycles. The minimum Gasteiger partial charge on any atom is -0.495 e. The number of hydrogen-bond acceptors (Lipinski definition) is 5. The number of nitriles is 1. The number of methoxy groups -OCH3 is 1. The molecule has 0 bridgehead atoms. The zero-order chi connectivity index (χ0) is 15.4. The Kier molecular flexibility index (Phi) is 4.78. The van der Waals surface area contributed by atoms with Crippen molar-refractivity contribution in [3.05, 3.63) is 29.3 Å². The van der Waals surface area contributed by atoms with Gasteiger partial charge in [0.15, 0.2) is 0 Å². The highest BCUT2D eigenvalue weighted by Crippen LogP contribution is 2.23. The number of carbonyl (C=O) groups is 1. The average molecular weight is 290 g/mol. The molecule has 112 valence electrons. The van der Waals surface area contributed by atoms with Gasteiger partial charge in [0.25, 0.3) is 0 Å². The van der Waals surface area contributed by atoms with E-state index in [1.54, 1.807) is 12.1 Å². The highest BCUT2D eigenvalue weighted by Gasteiger charge is 2.36. The first kappa shape index (κ1) is 15.3. The number of hydrogen-bond donors (Lipinski definition) is 1. The molecule has 0 radical (unpaired) electrons. The van der Waals surface area contributed by atoms with Crippen LogP contribution in [0.2, 0.25) is 0 Å². The summed E-state index contributed by atoms with van der Waals surface area (Å²) in [6.07, 6.45) is 0. The molecule has 6 nitrogen and oxygen atoms in total. The van der Waals surface area contributed by atoms with E-state index in [-0.39, 0.29) is 12.6 Å². The van der Waals surface area contributed by atoms with Crippen LogP contribution in [0.5, 0.6) is 5.75 Å². The lowest BCUT2D eigenvalue weighted by atomic mass is 10.0. The van der Waals surface area contributed by atoms with Crippen LogP contribution in [0, 0.1) is 17.2 Å². The first-order valence-electron chi connectivity index (χ1n) is 6.64. The number of likely N-dealkylation sites (N-methyl/N-ethyl adjacent to an activating group) is 1. The summed E-state index contributed by atoms with van der Waals surface area (Å²) in [5, 5.41) is 18.3. The smallest absolute Gasteiger partial charge is 0.310 e. The zero-order valence-corrected chi connectivity index (χ0v) is 12.1. The normalized spacial score (nSPS) is 21.2. The molecule has 21 heavy (non-hydrogen) atoms.